The van der Waals surface area contributed by atoms with Gasteiger partial charge in [-0.1, -0.05) is 145 Å². The number of fused-ring (bicyclic) bond motifs is 3. The summed E-state index contributed by atoms with van der Waals surface area (Å²) < 4.78 is 13.3. The number of nitrogens with zero attached hydrogens (tertiary/aromatic N) is 4. The van der Waals surface area contributed by atoms with Crippen LogP contribution in [-0.4, -0.2) is 14.1 Å². The average molecular weight is 992 g/mol. The Hall–Kier alpha value is -6.03. The second-order valence-electron chi connectivity index (χ2n) is 18.3. The molecule has 9 aromatic rings. The fraction of sp³-hybridized carbons (Fsp3) is 0.214. The summed E-state index contributed by atoms with van der Waals surface area (Å²) in [5, 5.41) is 2.23. The van der Waals surface area contributed by atoms with E-state index in [9.17, 15) is 0 Å². The Labute approximate surface area is 381 Å². The van der Waals surface area contributed by atoms with Crippen molar-refractivity contribution in [3.63, 3.8) is 0 Å². The number of para-hydroxylation sites is 1. The van der Waals surface area contributed by atoms with Gasteiger partial charge in [0.2, 0.25) is 0 Å². The van der Waals surface area contributed by atoms with E-state index in [0.717, 1.165) is 55.9 Å². The molecule has 0 atom stereocenters. The summed E-state index contributed by atoms with van der Waals surface area (Å²) in [6.45, 7) is 20.1. The first-order chi connectivity index (χ1) is 29.2. The third kappa shape index (κ3) is 7.73. The molecule has 3 aromatic heterocycles. The summed E-state index contributed by atoms with van der Waals surface area (Å²) in [5.74, 6) is 2.04. The number of hydrogen-bond donors (Lipinski definition) is 0. The largest absolute Gasteiger partial charge is 0.510 e. The molecule has 0 saturated carbocycles. The zero-order chi connectivity index (χ0) is 42.7. The number of ether oxygens (including phenoxy) is 1. The van der Waals surface area contributed by atoms with Gasteiger partial charge in [-0.15, -0.1) is 35.2 Å². The smallest absolute Gasteiger partial charge is 0.267 e. The molecule has 6 heteroatoms. The van der Waals surface area contributed by atoms with Crippen molar-refractivity contribution in [2.24, 2.45) is 0 Å². The Morgan fingerprint density at radius 3 is 1.84 bits per heavy atom. The third-order valence-corrected chi connectivity index (χ3v) is 12.6. The molecule has 62 heavy (non-hydrogen) atoms. The van der Waals surface area contributed by atoms with Crippen LogP contribution in [0.4, 0.5) is 0 Å². The summed E-state index contributed by atoms with van der Waals surface area (Å²) in [6.07, 6.45) is 5.59. The van der Waals surface area contributed by atoms with Crippen LogP contribution in [0.1, 0.15) is 87.7 Å². The molecule has 0 bridgehead atoms. The van der Waals surface area contributed by atoms with E-state index in [-0.39, 0.29) is 37.3 Å². The first-order valence-corrected chi connectivity index (χ1v) is 21.1. The normalized spacial score (nSPS) is 12.1. The van der Waals surface area contributed by atoms with E-state index in [2.05, 4.69) is 234 Å². The molecule has 5 nitrogen and oxygen atoms in total. The second kappa shape index (κ2) is 16.3. The SMILES string of the molecule is Cc1c(C)[n+](-c2ccc(C(C)(C)c3ccccc3)cc2)[c-]n1-c1[c-]c(Oc2[c-]c3c(cc2)c2ccccc2n3-c2cc(C(C)(C)C)ccn2)cc(C(C)(C)c2ccccc2)c1.[Pt]. The summed E-state index contributed by atoms with van der Waals surface area (Å²) in [5.41, 5.74) is 11.6. The van der Waals surface area contributed by atoms with Crippen LogP contribution in [0.25, 0.3) is 39.0 Å². The molecule has 0 aliphatic rings. The van der Waals surface area contributed by atoms with Gasteiger partial charge in [0, 0.05) is 55.4 Å². The Balaban J connectivity index is 0.00000529. The average Bonchev–Trinajstić information content (AvgIpc) is 3.76. The molecular weight excluding hydrogens is 940 g/mol. The minimum absolute atomic E-state index is 0. The topological polar surface area (TPSA) is 35.9 Å². The molecule has 0 N–H and O–H groups in total. The van der Waals surface area contributed by atoms with Gasteiger partial charge in [-0.2, -0.15) is 12.1 Å². The molecule has 0 amide bonds. The van der Waals surface area contributed by atoms with Crippen LogP contribution in [0.2, 0.25) is 0 Å². The number of imidazole rings is 1. The fourth-order valence-electron chi connectivity index (χ4n) is 8.49. The predicted octanol–water partition coefficient (Wildman–Crippen LogP) is 13.0. The predicted molar refractivity (Wildman–Crippen MR) is 248 cm³/mol. The maximum Gasteiger partial charge on any atom is 0.267 e. The van der Waals surface area contributed by atoms with Gasteiger partial charge >= 0.3 is 0 Å². The van der Waals surface area contributed by atoms with Gasteiger partial charge in [-0.05, 0) is 88.3 Å². The first-order valence-electron chi connectivity index (χ1n) is 21.1. The summed E-state index contributed by atoms with van der Waals surface area (Å²) >= 11 is 0. The molecule has 0 radical (unpaired) electrons. The molecule has 0 fully saturated rings. The van der Waals surface area contributed by atoms with Crippen molar-refractivity contribution in [3.8, 4) is 28.7 Å². The molecule has 0 spiro atoms. The molecule has 0 saturated heterocycles. The summed E-state index contributed by atoms with van der Waals surface area (Å²) in [6, 6.07) is 58.8. The van der Waals surface area contributed by atoms with Crippen molar-refractivity contribution < 1.29 is 30.4 Å². The fourth-order valence-corrected chi connectivity index (χ4v) is 8.49. The number of pyridine rings is 1. The molecule has 6 aromatic carbocycles. The second-order valence-corrected chi connectivity index (χ2v) is 18.3. The van der Waals surface area contributed by atoms with E-state index in [0.29, 0.717) is 11.5 Å². The molecule has 3 heterocycles. The van der Waals surface area contributed by atoms with Crippen LogP contribution < -0.4 is 9.30 Å². The van der Waals surface area contributed by atoms with Gasteiger partial charge in [0.05, 0.1) is 11.4 Å². The van der Waals surface area contributed by atoms with Gasteiger partial charge in [0.25, 0.3) is 6.33 Å². The monoisotopic (exact) mass is 991 g/mol. The Bertz CT molecular complexity index is 3040. The van der Waals surface area contributed by atoms with Gasteiger partial charge in [0.15, 0.2) is 0 Å². The van der Waals surface area contributed by atoms with Crippen molar-refractivity contribution in [2.45, 2.75) is 78.6 Å². The minimum atomic E-state index is -0.347. The molecule has 0 aliphatic heterocycles. The Morgan fingerprint density at radius 1 is 0.565 bits per heavy atom. The van der Waals surface area contributed by atoms with Crippen LogP contribution in [0.3, 0.4) is 0 Å². The van der Waals surface area contributed by atoms with Crippen molar-refractivity contribution in [1.29, 1.82) is 0 Å². The van der Waals surface area contributed by atoms with Crippen molar-refractivity contribution in [3.05, 3.63) is 209 Å². The van der Waals surface area contributed by atoms with Gasteiger partial charge in [-0.25, -0.2) is 4.98 Å². The number of aromatic nitrogens is 4. The molecule has 314 valence electrons. The standard InChI is InChI=1S/C56H52N4O.Pt/c1-38-39(2)59(37-58(38)45-26-24-42(25-27-45)55(6,7)40-18-12-10-13-19-40)46-32-44(56(8,9)41-20-14-11-15-21-41)33-48(35-46)61-47-28-29-50-49-22-16-17-23-51(49)60(52(50)36-47)53-34-43(30-31-57-53)54(3,4)5;/h10-34H,1-9H3;/q-2;. The molecule has 0 unspecified atom stereocenters. The van der Waals surface area contributed by atoms with Crippen LogP contribution >= 0.6 is 0 Å². The van der Waals surface area contributed by atoms with E-state index in [1.165, 1.54) is 22.3 Å². The zero-order valence-corrected chi connectivity index (χ0v) is 39.2. The Kier molecular flexibility index (Phi) is 11.2. The van der Waals surface area contributed by atoms with Crippen molar-refractivity contribution in [2.75, 3.05) is 0 Å². The van der Waals surface area contributed by atoms with Crippen LogP contribution in [0, 0.1) is 32.3 Å². The van der Waals surface area contributed by atoms with Crippen LogP contribution in [0.15, 0.2) is 152 Å². The quantitative estimate of drug-likeness (QED) is 0.107. The van der Waals surface area contributed by atoms with E-state index in [4.69, 9.17) is 9.72 Å². The summed E-state index contributed by atoms with van der Waals surface area (Å²) in [4.78, 5) is 4.88. The molecule has 0 aliphatic carbocycles. The van der Waals surface area contributed by atoms with E-state index < -0.39 is 0 Å². The van der Waals surface area contributed by atoms with Gasteiger partial charge < -0.3 is 13.9 Å². The van der Waals surface area contributed by atoms with Crippen LogP contribution in [0.5, 0.6) is 11.5 Å². The number of rotatable bonds is 9. The van der Waals surface area contributed by atoms with Crippen LogP contribution in [-0.2, 0) is 37.3 Å². The van der Waals surface area contributed by atoms with E-state index in [1.807, 2.05) is 12.3 Å². The van der Waals surface area contributed by atoms with Gasteiger partial charge in [-0.3, -0.25) is 4.57 Å². The Morgan fingerprint density at radius 2 is 1.18 bits per heavy atom. The molecule has 9 rings (SSSR count). The first kappa shape index (κ1) is 42.7. The minimum Gasteiger partial charge on any atom is -0.510 e. The zero-order valence-electron chi connectivity index (χ0n) is 36.9. The third-order valence-electron chi connectivity index (χ3n) is 12.6. The summed E-state index contributed by atoms with van der Waals surface area (Å²) in [7, 11) is 0. The molecular formula is C56H52N4OPt-2. The number of hydrogen-bond acceptors (Lipinski definition) is 2. The van der Waals surface area contributed by atoms with Crippen molar-refractivity contribution >= 4 is 21.8 Å². The number of benzene rings is 6. The van der Waals surface area contributed by atoms with E-state index in [1.54, 1.807) is 0 Å². The van der Waals surface area contributed by atoms with Gasteiger partial charge in [0.1, 0.15) is 5.82 Å². The maximum atomic E-state index is 6.85. The maximum absolute atomic E-state index is 6.85. The van der Waals surface area contributed by atoms with E-state index >= 15 is 0 Å². The van der Waals surface area contributed by atoms with Crippen molar-refractivity contribution in [1.82, 2.24) is 14.1 Å².